The van der Waals surface area contributed by atoms with Crippen LogP contribution in [0.4, 0.5) is 10.5 Å². The van der Waals surface area contributed by atoms with Crippen molar-refractivity contribution in [1.29, 1.82) is 5.26 Å². The Labute approximate surface area is 149 Å². The normalized spacial score (nSPS) is 19.8. The van der Waals surface area contributed by atoms with Gasteiger partial charge < -0.3 is 15.5 Å². The summed E-state index contributed by atoms with van der Waals surface area (Å²) in [4.78, 5) is 26.6. The smallest absolute Gasteiger partial charge is 0.322 e. The Hall–Kier alpha value is -2.55. The van der Waals surface area contributed by atoms with Gasteiger partial charge in [0.05, 0.1) is 17.6 Å². The number of urea groups is 1. The highest BCUT2D eigenvalue weighted by molar-refractivity contribution is 5.90. The van der Waals surface area contributed by atoms with Gasteiger partial charge in [0.1, 0.15) is 0 Å². The van der Waals surface area contributed by atoms with Crippen molar-refractivity contribution in [3.05, 3.63) is 29.8 Å². The van der Waals surface area contributed by atoms with E-state index in [0.29, 0.717) is 24.3 Å². The topological polar surface area (TPSA) is 85.2 Å². The molecule has 2 atom stereocenters. The van der Waals surface area contributed by atoms with Crippen molar-refractivity contribution in [3.63, 3.8) is 0 Å². The first-order valence-corrected chi connectivity index (χ1v) is 8.90. The summed E-state index contributed by atoms with van der Waals surface area (Å²) in [5.74, 6) is -0.115. The van der Waals surface area contributed by atoms with Gasteiger partial charge in [-0.2, -0.15) is 5.26 Å². The van der Waals surface area contributed by atoms with Crippen LogP contribution in [0.2, 0.25) is 0 Å². The van der Waals surface area contributed by atoms with Crippen molar-refractivity contribution in [2.75, 3.05) is 18.4 Å². The van der Waals surface area contributed by atoms with Crippen LogP contribution in [0.5, 0.6) is 0 Å². The number of nitrogens with zero attached hydrogens (tertiary/aromatic N) is 2. The zero-order chi connectivity index (χ0) is 18.2. The van der Waals surface area contributed by atoms with E-state index in [-0.39, 0.29) is 23.9 Å². The summed E-state index contributed by atoms with van der Waals surface area (Å²) in [6, 6.07) is 8.69. The SMILES string of the molecule is CCCCNC(=O)C1CCC(C)N(C(=O)Nc2ccc(C#N)cc2)C1. The number of benzene rings is 1. The predicted molar refractivity (Wildman–Crippen MR) is 97.0 cm³/mol. The molecule has 1 fully saturated rings. The van der Waals surface area contributed by atoms with E-state index in [9.17, 15) is 9.59 Å². The maximum Gasteiger partial charge on any atom is 0.322 e. The molecule has 0 aliphatic carbocycles. The maximum atomic E-state index is 12.6. The third-order valence-corrected chi connectivity index (χ3v) is 4.61. The van der Waals surface area contributed by atoms with Gasteiger partial charge in [0.2, 0.25) is 5.91 Å². The Balaban J connectivity index is 1.94. The third kappa shape index (κ3) is 5.21. The third-order valence-electron chi connectivity index (χ3n) is 4.61. The lowest BCUT2D eigenvalue weighted by Gasteiger charge is -2.37. The van der Waals surface area contributed by atoms with E-state index in [2.05, 4.69) is 17.6 Å². The van der Waals surface area contributed by atoms with E-state index in [1.165, 1.54) is 0 Å². The molecule has 0 bridgehead atoms. The van der Waals surface area contributed by atoms with Crippen LogP contribution in [0.1, 0.15) is 45.1 Å². The summed E-state index contributed by atoms with van der Waals surface area (Å²) < 4.78 is 0. The first kappa shape index (κ1) is 18.8. The second-order valence-electron chi connectivity index (χ2n) is 6.54. The van der Waals surface area contributed by atoms with Crippen LogP contribution >= 0.6 is 0 Å². The van der Waals surface area contributed by atoms with Crippen LogP contribution in [0.15, 0.2) is 24.3 Å². The molecule has 2 rings (SSSR count). The summed E-state index contributed by atoms with van der Waals surface area (Å²) in [5, 5.41) is 14.6. The number of piperidine rings is 1. The van der Waals surface area contributed by atoms with Crippen molar-refractivity contribution in [3.8, 4) is 6.07 Å². The molecule has 0 aromatic heterocycles. The Morgan fingerprint density at radius 1 is 1.28 bits per heavy atom. The molecule has 1 aliphatic rings. The van der Waals surface area contributed by atoms with Gasteiger partial charge in [-0.1, -0.05) is 13.3 Å². The summed E-state index contributed by atoms with van der Waals surface area (Å²) in [5.41, 5.74) is 1.19. The molecule has 1 aliphatic heterocycles. The number of carbonyl (C=O) groups is 2. The maximum absolute atomic E-state index is 12.6. The van der Waals surface area contributed by atoms with Crippen LogP contribution in [-0.2, 0) is 4.79 Å². The van der Waals surface area contributed by atoms with Gasteiger partial charge in [-0.25, -0.2) is 4.79 Å². The van der Waals surface area contributed by atoms with Crippen LogP contribution in [0.3, 0.4) is 0 Å². The van der Waals surface area contributed by atoms with Crippen LogP contribution in [-0.4, -0.2) is 36.0 Å². The molecule has 1 saturated heterocycles. The average molecular weight is 342 g/mol. The number of nitriles is 1. The molecule has 2 N–H and O–H groups in total. The minimum absolute atomic E-state index is 0.0384. The summed E-state index contributed by atoms with van der Waals surface area (Å²) >= 11 is 0. The molecule has 0 radical (unpaired) electrons. The zero-order valence-electron chi connectivity index (χ0n) is 14.9. The van der Waals surface area contributed by atoms with E-state index >= 15 is 0 Å². The van der Waals surface area contributed by atoms with Crippen molar-refractivity contribution >= 4 is 17.6 Å². The lowest BCUT2D eigenvalue weighted by Crippen LogP contribution is -2.50. The highest BCUT2D eigenvalue weighted by atomic mass is 16.2. The van der Waals surface area contributed by atoms with Crippen molar-refractivity contribution in [1.82, 2.24) is 10.2 Å². The fraction of sp³-hybridized carbons (Fsp3) is 0.526. The monoisotopic (exact) mass is 342 g/mol. The van der Waals surface area contributed by atoms with E-state index in [1.54, 1.807) is 29.2 Å². The summed E-state index contributed by atoms with van der Waals surface area (Å²) in [6.07, 6.45) is 3.63. The number of nitrogens with one attached hydrogen (secondary N) is 2. The van der Waals surface area contributed by atoms with Gasteiger partial charge in [0, 0.05) is 24.8 Å². The van der Waals surface area contributed by atoms with Crippen molar-refractivity contribution in [2.45, 2.75) is 45.6 Å². The minimum atomic E-state index is -0.205. The summed E-state index contributed by atoms with van der Waals surface area (Å²) in [7, 11) is 0. The molecule has 134 valence electrons. The van der Waals surface area contributed by atoms with Crippen LogP contribution in [0.25, 0.3) is 0 Å². The first-order chi connectivity index (χ1) is 12.0. The van der Waals surface area contributed by atoms with Crippen LogP contribution < -0.4 is 10.6 Å². The van der Waals surface area contributed by atoms with E-state index in [0.717, 1.165) is 25.7 Å². The minimum Gasteiger partial charge on any atom is -0.356 e. The molecule has 6 heteroatoms. The van der Waals surface area contributed by atoms with Gasteiger partial charge in [0.15, 0.2) is 0 Å². The molecule has 1 aromatic carbocycles. The van der Waals surface area contributed by atoms with E-state index < -0.39 is 0 Å². The quantitative estimate of drug-likeness (QED) is 0.806. The fourth-order valence-electron chi connectivity index (χ4n) is 2.96. The molecule has 2 unspecified atom stereocenters. The number of amides is 3. The van der Waals surface area contributed by atoms with Gasteiger partial charge in [-0.05, 0) is 50.5 Å². The lowest BCUT2D eigenvalue weighted by molar-refractivity contribution is -0.126. The molecule has 1 aromatic rings. The number of hydrogen-bond donors (Lipinski definition) is 2. The molecular formula is C19H26N4O2. The molecular weight excluding hydrogens is 316 g/mol. The van der Waals surface area contributed by atoms with Crippen molar-refractivity contribution < 1.29 is 9.59 Å². The number of rotatable bonds is 5. The lowest BCUT2D eigenvalue weighted by atomic mass is 9.93. The molecule has 0 spiro atoms. The van der Waals surface area contributed by atoms with Gasteiger partial charge in [0.25, 0.3) is 0 Å². The molecule has 6 nitrogen and oxygen atoms in total. The number of unbranched alkanes of at least 4 members (excludes halogenated alkanes) is 1. The highest BCUT2D eigenvalue weighted by Gasteiger charge is 2.32. The largest absolute Gasteiger partial charge is 0.356 e. The predicted octanol–water partition coefficient (Wildman–Crippen LogP) is 3.11. The number of carbonyl (C=O) groups excluding carboxylic acids is 2. The molecule has 25 heavy (non-hydrogen) atoms. The number of anilines is 1. The van der Waals surface area contributed by atoms with Gasteiger partial charge >= 0.3 is 6.03 Å². The Morgan fingerprint density at radius 3 is 2.64 bits per heavy atom. The second kappa shape index (κ2) is 9.07. The Morgan fingerprint density at radius 2 is 2.00 bits per heavy atom. The Bertz CT molecular complexity index is 636. The number of likely N-dealkylation sites (tertiary alicyclic amines) is 1. The first-order valence-electron chi connectivity index (χ1n) is 8.90. The highest BCUT2D eigenvalue weighted by Crippen LogP contribution is 2.23. The van der Waals surface area contributed by atoms with Gasteiger partial charge in [-0.3, -0.25) is 4.79 Å². The standard InChI is InChI=1S/C19H26N4O2/c1-3-4-11-21-18(24)16-8-5-14(2)23(13-16)19(25)22-17-9-6-15(12-20)7-10-17/h6-7,9-10,14,16H,3-5,8,11,13H2,1-2H3,(H,21,24)(H,22,25). The van der Waals surface area contributed by atoms with Gasteiger partial charge in [-0.15, -0.1) is 0 Å². The molecule has 0 saturated carbocycles. The zero-order valence-corrected chi connectivity index (χ0v) is 14.9. The van der Waals surface area contributed by atoms with E-state index in [1.807, 2.05) is 13.0 Å². The number of hydrogen-bond acceptors (Lipinski definition) is 3. The fourth-order valence-corrected chi connectivity index (χ4v) is 2.96. The van der Waals surface area contributed by atoms with Crippen LogP contribution in [0, 0.1) is 17.2 Å². The summed E-state index contributed by atoms with van der Waals surface area (Å²) in [6.45, 7) is 5.22. The molecule has 1 heterocycles. The second-order valence-corrected chi connectivity index (χ2v) is 6.54. The Kier molecular flexibility index (Phi) is 6.81. The molecule has 3 amide bonds. The van der Waals surface area contributed by atoms with E-state index in [4.69, 9.17) is 5.26 Å². The van der Waals surface area contributed by atoms with Crippen molar-refractivity contribution in [2.24, 2.45) is 5.92 Å². The average Bonchev–Trinajstić information content (AvgIpc) is 2.62.